The highest BCUT2D eigenvalue weighted by Crippen LogP contribution is 2.36. The number of nitrogens with zero attached hydrogens (tertiary/aromatic N) is 2. The van der Waals surface area contributed by atoms with Crippen LogP contribution in [0.1, 0.15) is 32.6 Å². The van der Waals surface area contributed by atoms with Gasteiger partial charge in [0.1, 0.15) is 0 Å². The maximum atomic E-state index is 12.6. The van der Waals surface area contributed by atoms with Gasteiger partial charge in [-0.15, -0.1) is 0 Å². The number of rotatable bonds is 4. The minimum Gasteiger partial charge on any atom is -0.342 e. The Bertz CT molecular complexity index is 584. The van der Waals surface area contributed by atoms with Crippen LogP contribution in [0, 0.1) is 11.8 Å². The Morgan fingerprint density at radius 2 is 2.00 bits per heavy atom. The molecule has 22 heavy (non-hydrogen) atoms. The topological polar surface area (TPSA) is 74.8 Å². The average Bonchev–Trinajstić information content (AvgIpc) is 3.15. The van der Waals surface area contributed by atoms with Crippen LogP contribution >= 0.6 is 0 Å². The molecule has 3 rings (SSSR count). The van der Waals surface area contributed by atoms with Crippen molar-refractivity contribution in [1.29, 1.82) is 0 Å². The second-order valence-corrected chi connectivity index (χ2v) is 9.26. The fraction of sp³-hybridized carbons (Fsp3) is 0.867. The van der Waals surface area contributed by atoms with Gasteiger partial charge in [-0.2, -0.15) is 0 Å². The fourth-order valence-corrected chi connectivity index (χ4v) is 5.39. The highest BCUT2D eigenvalue weighted by atomic mass is 32.2. The molecule has 0 radical (unpaired) electrons. The Balaban J connectivity index is 1.62. The zero-order valence-electron chi connectivity index (χ0n) is 13.2. The van der Waals surface area contributed by atoms with Crippen molar-refractivity contribution in [2.24, 2.45) is 11.8 Å². The Hall–Kier alpha value is -1.11. The molecule has 1 saturated carbocycles. The number of carbonyl (C=O) groups excluding carboxylic acids is 2. The van der Waals surface area contributed by atoms with Crippen molar-refractivity contribution in [2.75, 3.05) is 25.1 Å². The molecule has 3 atom stereocenters. The number of hydrogen-bond acceptors (Lipinski definition) is 4. The van der Waals surface area contributed by atoms with E-state index >= 15 is 0 Å². The molecule has 2 amide bonds. The summed E-state index contributed by atoms with van der Waals surface area (Å²) in [4.78, 5) is 28.2. The van der Waals surface area contributed by atoms with Crippen molar-refractivity contribution in [3.05, 3.63) is 0 Å². The maximum absolute atomic E-state index is 12.6. The van der Waals surface area contributed by atoms with Crippen LogP contribution in [0.25, 0.3) is 0 Å². The Kier molecular flexibility index (Phi) is 3.95. The first kappa shape index (κ1) is 15.8. The molecule has 2 heterocycles. The van der Waals surface area contributed by atoms with Crippen molar-refractivity contribution in [2.45, 2.75) is 44.7 Å². The van der Waals surface area contributed by atoms with Crippen LogP contribution in [0.15, 0.2) is 0 Å². The van der Waals surface area contributed by atoms with E-state index in [9.17, 15) is 18.0 Å². The summed E-state index contributed by atoms with van der Waals surface area (Å²) >= 11 is 0. The van der Waals surface area contributed by atoms with Gasteiger partial charge in [-0.25, -0.2) is 8.42 Å². The van der Waals surface area contributed by atoms with Crippen LogP contribution in [0.3, 0.4) is 0 Å². The second-order valence-electron chi connectivity index (χ2n) is 7.03. The number of carbonyl (C=O) groups is 2. The second kappa shape index (κ2) is 5.51. The zero-order chi connectivity index (χ0) is 16.1. The van der Waals surface area contributed by atoms with E-state index in [0.29, 0.717) is 18.9 Å². The molecule has 0 aromatic carbocycles. The van der Waals surface area contributed by atoms with Crippen molar-refractivity contribution < 1.29 is 18.0 Å². The van der Waals surface area contributed by atoms with Crippen LogP contribution in [-0.4, -0.2) is 67.2 Å². The van der Waals surface area contributed by atoms with E-state index in [1.165, 1.54) is 12.8 Å². The molecule has 3 fully saturated rings. The lowest BCUT2D eigenvalue weighted by Gasteiger charge is -2.28. The lowest BCUT2D eigenvalue weighted by atomic mass is 10.1. The molecule has 0 aromatic heterocycles. The van der Waals surface area contributed by atoms with Crippen LogP contribution in [0.4, 0.5) is 0 Å². The van der Waals surface area contributed by atoms with Gasteiger partial charge in [-0.1, -0.05) is 0 Å². The number of hydrogen-bond donors (Lipinski definition) is 0. The highest BCUT2D eigenvalue weighted by molar-refractivity contribution is 7.91. The minimum absolute atomic E-state index is 0.0242. The third kappa shape index (κ3) is 3.00. The van der Waals surface area contributed by atoms with E-state index in [1.54, 1.807) is 9.80 Å². The maximum Gasteiger partial charge on any atom is 0.227 e. The summed E-state index contributed by atoms with van der Waals surface area (Å²) < 4.78 is 23.2. The molecule has 0 bridgehead atoms. The molecule has 7 heteroatoms. The highest BCUT2D eigenvalue weighted by Gasteiger charge is 2.43. The summed E-state index contributed by atoms with van der Waals surface area (Å²) in [6, 6.07) is -0.00929. The molecule has 0 aromatic rings. The van der Waals surface area contributed by atoms with Crippen molar-refractivity contribution in [1.82, 2.24) is 9.80 Å². The fourth-order valence-electron chi connectivity index (χ4n) is 3.65. The van der Waals surface area contributed by atoms with Gasteiger partial charge in [-0.3, -0.25) is 9.59 Å². The number of sulfone groups is 1. The van der Waals surface area contributed by atoms with Crippen molar-refractivity contribution in [3.8, 4) is 0 Å². The van der Waals surface area contributed by atoms with Crippen molar-refractivity contribution in [3.63, 3.8) is 0 Å². The van der Waals surface area contributed by atoms with E-state index in [-0.39, 0.29) is 47.7 Å². The first-order valence-electron chi connectivity index (χ1n) is 8.05. The summed E-state index contributed by atoms with van der Waals surface area (Å²) in [5.41, 5.74) is 0. The molecule has 0 N–H and O–H groups in total. The molecule has 2 saturated heterocycles. The lowest BCUT2D eigenvalue weighted by Crippen LogP contribution is -2.42. The summed E-state index contributed by atoms with van der Waals surface area (Å²) in [5.74, 6) is 0.431. The molecule has 3 unspecified atom stereocenters. The van der Waals surface area contributed by atoms with E-state index < -0.39 is 9.84 Å². The predicted molar refractivity (Wildman–Crippen MR) is 81.8 cm³/mol. The first-order chi connectivity index (χ1) is 10.3. The standard InChI is InChI=1S/C15H24N2O4S/c1-10(11-3-4-11)16(2)15(19)12-7-14(18)17(8-12)13-5-6-22(20,21)9-13/h10-13H,3-9H2,1-2H3. The van der Waals surface area contributed by atoms with Gasteiger partial charge >= 0.3 is 0 Å². The van der Waals surface area contributed by atoms with E-state index in [2.05, 4.69) is 6.92 Å². The van der Waals surface area contributed by atoms with Gasteiger partial charge in [0.25, 0.3) is 0 Å². The van der Waals surface area contributed by atoms with Gasteiger partial charge < -0.3 is 9.80 Å². The minimum atomic E-state index is -3.02. The smallest absolute Gasteiger partial charge is 0.227 e. The normalized spacial score (nSPS) is 32.3. The predicted octanol–water partition coefficient (Wildman–Crippen LogP) is 0.279. The first-order valence-corrected chi connectivity index (χ1v) is 9.87. The molecular weight excluding hydrogens is 304 g/mol. The van der Waals surface area contributed by atoms with Crippen LogP contribution in [0.2, 0.25) is 0 Å². The summed E-state index contributed by atoms with van der Waals surface area (Å²) in [6.07, 6.45) is 3.07. The lowest BCUT2D eigenvalue weighted by molar-refractivity contribution is -0.136. The van der Waals surface area contributed by atoms with E-state index in [1.807, 2.05) is 7.05 Å². The summed E-state index contributed by atoms with van der Waals surface area (Å²) in [7, 11) is -1.20. The molecule has 124 valence electrons. The average molecular weight is 328 g/mol. The zero-order valence-corrected chi connectivity index (χ0v) is 14.0. The van der Waals surface area contributed by atoms with Gasteiger partial charge in [0, 0.05) is 32.1 Å². The van der Waals surface area contributed by atoms with Gasteiger partial charge in [-0.05, 0) is 32.1 Å². The molecule has 3 aliphatic rings. The van der Waals surface area contributed by atoms with Gasteiger partial charge in [0.2, 0.25) is 11.8 Å². The monoisotopic (exact) mass is 328 g/mol. The molecule has 6 nitrogen and oxygen atoms in total. The number of amides is 2. The third-order valence-electron chi connectivity index (χ3n) is 5.42. The van der Waals surface area contributed by atoms with Gasteiger partial charge in [0.15, 0.2) is 9.84 Å². The molecule has 0 spiro atoms. The van der Waals surface area contributed by atoms with Gasteiger partial charge in [0.05, 0.1) is 17.4 Å². The SMILES string of the molecule is CC(C1CC1)N(C)C(=O)C1CC(=O)N(C2CCS(=O)(=O)C2)C1. The largest absolute Gasteiger partial charge is 0.342 e. The quantitative estimate of drug-likeness (QED) is 0.743. The molecule has 1 aliphatic carbocycles. The van der Waals surface area contributed by atoms with Crippen molar-refractivity contribution >= 4 is 21.7 Å². The summed E-state index contributed by atoms with van der Waals surface area (Å²) in [6.45, 7) is 2.44. The number of likely N-dealkylation sites (tertiary alicyclic amines) is 1. The van der Waals surface area contributed by atoms with E-state index in [4.69, 9.17) is 0 Å². The molecular formula is C15H24N2O4S. The Morgan fingerprint density at radius 3 is 2.55 bits per heavy atom. The van der Waals surface area contributed by atoms with Crippen LogP contribution < -0.4 is 0 Å². The van der Waals surface area contributed by atoms with E-state index in [0.717, 1.165) is 0 Å². The van der Waals surface area contributed by atoms with Crippen LogP contribution in [0.5, 0.6) is 0 Å². The van der Waals surface area contributed by atoms with Crippen LogP contribution in [-0.2, 0) is 19.4 Å². The Morgan fingerprint density at radius 1 is 1.32 bits per heavy atom. The summed E-state index contributed by atoms with van der Waals surface area (Å²) in [5, 5.41) is 0. The Labute approximate surface area is 131 Å². The third-order valence-corrected chi connectivity index (χ3v) is 7.17. The molecule has 2 aliphatic heterocycles.